The third-order valence-corrected chi connectivity index (χ3v) is 4.69. The highest BCUT2D eigenvalue weighted by molar-refractivity contribution is 5.89. The number of methoxy groups -OCH3 is 1. The molecule has 2 aliphatic rings. The average molecular weight is 309 g/mol. The largest absolute Gasteiger partial charge is 0.495 e. The number of nitriles is 1. The van der Waals surface area contributed by atoms with Crippen molar-refractivity contribution in [2.45, 2.75) is 18.4 Å². The second kappa shape index (κ2) is 4.85. The van der Waals surface area contributed by atoms with E-state index in [0.29, 0.717) is 36.1 Å². The number of fused-ring (bicyclic) bond motifs is 2. The molecule has 1 aromatic heterocycles. The molecule has 1 amide bonds. The van der Waals surface area contributed by atoms with Gasteiger partial charge in [-0.15, -0.1) is 0 Å². The first-order chi connectivity index (χ1) is 11.1. The Balaban J connectivity index is 1.65. The van der Waals surface area contributed by atoms with Gasteiger partial charge in [-0.2, -0.15) is 5.26 Å². The van der Waals surface area contributed by atoms with Crippen molar-refractivity contribution in [3.8, 4) is 17.7 Å². The van der Waals surface area contributed by atoms with Crippen molar-refractivity contribution in [1.82, 2.24) is 10.3 Å². The van der Waals surface area contributed by atoms with E-state index in [-0.39, 0.29) is 11.4 Å². The molecule has 1 aliphatic heterocycles. The van der Waals surface area contributed by atoms with Gasteiger partial charge in [0.25, 0.3) is 0 Å². The fourth-order valence-electron chi connectivity index (χ4n) is 3.31. The molecule has 1 aliphatic carbocycles. The van der Waals surface area contributed by atoms with Crippen LogP contribution >= 0.6 is 0 Å². The van der Waals surface area contributed by atoms with Crippen LogP contribution in [0.25, 0.3) is 10.8 Å². The Labute approximate surface area is 133 Å². The highest BCUT2D eigenvalue weighted by Crippen LogP contribution is 2.50. The number of piperidine rings is 1. The molecule has 2 heterocycles. The Kier molecular flexibility index (Phi) is 2.91. The second-order valence-corrected chi connectivity index (χ2v) is 6.10. The van der Waals surface area contributed by atoms with Crippen LogP contribution in [0.2, 0.25) is 0 Å². The van der Waals surface area contributed by atoms with E-state index in [1.807, 2.05) is 6.07 Å². The highest BCUT2D eigenvalue weighted by atomic mass is 16.5. The maximum atomic E-state index is 11.4. The van der Waals surface area contributed by atoms with E-state index >= 15 is 0 Å². The van der Waals surface area contributed by atoms with Crippen LogP contribution in [0.15, 0.2) is 24.4 Å². The number of hydrogen-bond acceptors (Lipinski definition) is 5. The zero-order valence-corrected chi connectivity index (χ0v) is 12.6. The number of rotatable bonds is 4. The van der Waals surface area contributed by atoms with E-state index in [2.05, 4.69) is 16.4 Å². The number of amides is 1. The highest BCUT2D eigenvalue weighted by Gasteiger charge is 2.61. The van der Waals surface area contributed by atoms with Gasteiger partial charge in [0.1, 0.15) is 18.4 Å². The molecule has 6 heteroatoms. The summed E-state index contributed by atoms with van der Waals surface area (Å²) in [6.45, 7) is 0.415. The first-order valence-corrected chi connectivity index (χ1v) is 7.46. The number of pyridine rings is 1. The van der Waals surface area contributed by atoms with Gasteiger partial charge in [-0.3, -0.25) is 4.79 Å². The van der Waals surface area contributed by atoms with Crippen LogP contribution in [0.4, 0.5) is 0 Å². The van der Waals surface area contributed by atoms with Gasteiger partial charge in [0.2, 0.25) is 11.8 Å². The zero-order chi connectivity index (χ0) is 16.0. The summed E-state index contributed by atoms with van der Waals surface area (Å²) in [7, 11) is 1.53. The van der Waals surface area contributed by atoms with Crippen molar-refractivity contribution >= 4 is 16.7 Å². The fraction of sp³-hybridized carbons (Fsp3) is 0.353. The van der Waals surface area contributed by atoms with Crippen LogP contribution in [0.3, 0.4) is 0 Å². The number of carbonyl (C=O) groups is 1. The van der Waals surface area contributed by atoms with Crippen LogP contribution in [0, 0.1) is 17.2 Å². The topological polar surface area (TPSA) is 84.2 Å². The molecule has 4 rings (SSSR count). The summed E-state index contributed by atoms with van der Waals surface area (Å²) >= 11 is 0. The summed E-state index contributed by atoms with van der Waals surface area (Å²) in [6, 6.07) is 7.48. The Morgan fingerprint density at radius 2 is 2.39 bits per heavy atom. The summed E-state index contributed by atoms with van der Waals surface area (Å²) in [5.74, 6) is 1.46. The average Bonchev–Trinajstić information content (AvgIpc) is 3.12. The Morgan fingerprint density at radius 1 is 1.52 bits per heavy atom. The predicted octanol–water partition coefficient (Wildman–Crippen LogP) is 1.77. The normalized spacial score (nSPS) is 24.7. The van der Waals surface area contributed by atoms with E-state index in [4.69, 9.17) is 9.47 Å². The summed E-state index contributed by atoms with van der Waals surface area (Å²) < 4.78 is 11.2. The molecule has 0 bridgehead atoms. The van der Waals surface area contributed by atoms with Crippen LogP contribution < -0.4 is 14.8 Å². The van der Waals surface area contributed by atoms with Crippen molar-refractivity contribution in [3.63, 3.8) is 0 Å². The molecule has 2 fully saturated rings. The Hall–Kier alpha value is -2.81. The lowest BCUT2D eigenvalue weighted by Crippen LogP contribution is -2.37. The maximum Gasteiger partial charge on any atom is 0.221 e. The minimum Gasteiger partial charge on any atom is -0.495 e. The molecule has 1 saturated heterocycles. The first-order valence-electron chi connectivity index (χ1n) is 7.46. The Bertz CT molecular complexity index is 858. The molecule has 116 valence electrons. The van der Waals surface area contributed by atoms with Gasteiger partial charge >= 0.3 is 0 Å². The van der Waals surface area contributed by atoms with Gasteiger partial charge in [0, 0.05) is 18.0 Å². The van der Waals surface area contributed by atoms with Gasteiger partial charge in [0.15, 0.2) is 0 Å². The lowest BCUT2D eigenvalue weighted by molar-refractivity contribution is -0.120. The number of nitrogens with zero attached hydrogens (tertiary/aromatic N) is 2. The number of benzene rings is 1. The summed E-state index contributed by atoms with van der Waals surface area (Å²) in [5.41, 5.74) is 0.262. The fourth-order valence-corrected chi connectivity index (χ4v) is 3.31. The number of carbonyl (C=O) groups excluding carboxylic acids is 1. The van der Waals surface area contributed by atoms with Crippen LogP contribution in [0.1, 0.15) is 18.4 Å². The number of aromatic nitrogens is 1. The molecule has 6 nitrogen and oxygen atoms in total. The zero-order valence-electron chi connectivity index (χ0n) is 12.6. The Morgan fingerprint density at radius 3 is 3.09 bits per heavy atom. The quantitative estimate of drug-likeness (QED) is 0.930. The number of hydrogen-bond donors (Lipinski definition) is 1. The van der Waals surface area contributed by atoms with Crippen molar-refractivity contribution in [1.29, 1.82) is 5.26 Å². The summed E-state index contributed by atoms with van der Waals surface area (Å²) in [5, 5.41) is 13.8. The van der Waals surface area contributed by atoms with Crippen LogP contribution in [-0.4, -0.2) is 30.1 Å². The number of nitrogens with one attached hydrogen (secondary N) is 1. The van der Waals surface area contributed by atoms with Gasteiger partial charge in [-0.05, 0) is 35.9 Å². The first kappa shape index (κ1) is 13.8. The molecule has 1 saturated carbocycles. The lowest BCUT2D eigenvalue weighted by atomic mass is 10.1. The molecule has 1 aromatic carbocycles. The van der Waals surface area contributed by atoms with Crippen molar-refractivity contribution in [2.75, 3.05) is 13.7 Å². The van der Waals surface area contributed by atoms with Gasteiger partial charge < -0.3 is 14.8 Å². The SMILES string of the molecule is COc1cc2c(OC[C@@]34CC3CC(=O)N4)nccc2cc1C#N. The monoisotopic (exact) mass is 309 g/mol. The summed E-state index contributed by atoms with van der Waals surface area (Å²) in [4.78, 5) is 15.7. The molecular formula is C17H15N3O3. The van der Waals surface area contributed by atoms with Crippen LogP contribution in [0.5, 0.6) is 11.6 Å². The van der Waals surface area contributed by atoms with Gasteiger partial charge in [-0.1, -0.05) is 0 Å². The van der Waals surface area contributed by atoms with Crippen LogP contribution in [-0.2, 0) is 4.79 Å². The summed E-state index contributed by atoms with van der Waals surface area (Å²) in [6.07, 6.45) is 3.21. The molecule has 2 atom stereocenters. The van der Waals surface area contributed by atoms with Crippen molar-refractivity contribution in [3.05, 3.63) is 30.0 Å². The van der Waals surface area contributed by atoms with E-state index < -0.39 is 0 Å². The van der Waals surface area contributed by atoms with Crippen molar-refractivity contribution < 1.29 is 14.3 Å². The van der Waals surface area contributed by atoms with E-state index in [1.54, 1.807) is 18.3 Å². The standard InChI is InChI=1S/C17H15N3O3/c1-22-14-6-13-10(4-11(14)8-18)2-3-19-16(13)23-9-17-7-12(17)5-15(21)20-17/h2-4,6,12H,5,7,9H2,1H3,(H,20,21)/t12?,17-/m0/s1. The van der Waals surface area contributed by atoms with E-state index in [9.17, 15) is 10.1 Å². The lowest BCUT2D eigenvalue weighted by Gasteiger charge is -2.16. The second-order valence-electron chi connectivity index (χ2n) is 6.10. The molecule has 2 aromatic rings. The van der Waals surface area contributed by atoms with E-state index in [0.717, 1.165) is 17.2 Å². The third-order valence-electron chi connectivity index (χ3n) is 4.69. The molecule has 23 heavy (non-hydrogen) atoms. The molecule has 1 N–H and O–H groups in total. The van der Waals surface area contributed by atoms with E-state index in [1.165, 1.54) is 7.11 Å². The smallest absolute Gasteiger partial charge is 0.221 e. The van der Waals surface area contributed by atoms with Gasteiger partial charge in [0.05, 0.1) is 18.2 Å². The molecule has 0 radical (unpaired) electrons. The molecule has 1 unspecified atom stereocenters. The maximum absolute atomic E-state index is 11.4. The predicted molar refractivity (Wildman–Crippen MR) is 82.1 cm³/mol. The minimum atomic E-state index is -0.211. The number of ether oxygens (including phenoxy) is 2. The molecule has 0 spiro atoms. The third kappa shape index (κ3) is 2.16. The van der Waals surface area contributed by atoms with Gasteiger partial charge in [-0.25, -0.2) is 4.98 Å². The van der Waals surface area contributed by atoms with Crippen molar-refractivity contribution in [2.24, 2.45) is 5.92 Å². The minimum absolute atomic E-state index is 0.0936. The molecular weight excluding hydrogens is 294 g/mol.